The summed E-state index contributed by atoms with van der Waals surface area (Å²) in [6, 6.07) is 16.8. The van der Waals surface area contributed by atoms with Crippen molar-refractivity contribution in [2.75, 3.05) is 36.8 Å². The molecule has 0 aliphatic carbocycles. The third-order valence-electron chi connectivity index (χ3n) is 6.49. The Morgan fingerprint density at radius 2 is 1.74 bits per heavy atom. The van der Waals surface area contributed by atoms with Gasteiger partial charge in [-0.25, -0.2) is 0 Å². The van der Waals surface area contributed by atoms with E-state index in [9.17, 15) is 9.59 Å². The van der Waals surface area contributed by atoms with Gasteiger partial charge in [-0.1, -0.05) is 73.6 Å². The van der Waals surface area contributed by atoms with Gasteiger partial charge in [0.2, 0.25) is 5.91 Å². The normalized spacial score (nSPS) is 14.4. The second-order valence-corrected chi connectivity index (χ2v) is 10.8. The molecule has 2 aromatic carbocycles. The lowest BCUT2D eigenvalue weighted by molar-refractivity contribution is -0.128. The van der Waals surface area contributed by atoms with E-state index >= 15 is 0 Å². The lowest BCUT2D eigenvalue weighted by atomic mass is 10.0. The largest absolute Gasteiger partial charge is 0.368 e. The minimum absolute atomic E-state index is 0.0367. The molecule has 0 bridgehead atoms. The van der Waals surface area contributed by atoms with E-state index in [1.54, 1.807) is 30.3 Å². The maximum absolute atomic E-state index is 13.0. The zero-order chi connectivity index (χ0) is 27.1. The van der Waals surface area contributed by atoms with E-state index in [2.05, 4.69) is 39.1 Å². The Morgan fingerprint density at radius 1 is 1.05 bits per heavy atom. The molecule has 8 nitrogen and oxygen atoms in total. The van der Waals surface area contributed by atoms with Crippen molar-refractivity contribution in [3.8, 4) is 0 Å². The monoisotopic (exact) mass is 552 g/mol. The number of anilines is 1. The van der Waals surface area contributed by atoms with Crippen LogP contribution in [0.2, 0.25) is 5.02 Å². The fourth-order valence-corrected chi connectivity index (χ4v) is 5.48. The number of benzene rings is 2. The molecule has 3 aromatic rings. The molecule has 1 saturated heterocycles. The molecule has 2 heterocycles. The van der Waals surface area contributed by atoms with E-state index in [1.807, 2.05) is 41.5 Å². The van der Waals surface area contributed by atoms with Crippen LogP contribution < -0.4 is 10.2 Å². The van der Waals surface area contributed by atoms with Crippen molar-refractivity contribution in [1.82, 2.24) is 25.0 Å². The van der Waals surface area contributed by atoms with Gasteiger partial charge in [0.25, 0.3) is 5.91 Å². The molecule has 1 atom stereocenters. The Labute approximate surface area is 233 Å². The van der Waals surface area contributed by atoms with Crippen molar-refractivity contribution in [3.05, 3.63) is 83.7 Å². The molecule has 1 aliphatic heterocycles. The summed E-state index contributed by atoms with van der Waals surface area (Å²) >= 11 is 7.59. The van der Waals surface area contributed by atoms with Crippen LogP contribution in [0, 0.1) is 5.92 Å². The Kier molecular flexibility index (Phi) is 9.47. The zero-order valence-electron chi connectivity index (χ0n) is 21.7. The van der Waals surface area contributed by atoms with Crippen LogP contribution >= 0.6 is 23.4 Å². The Hall–Kier alpha value is -3.30. The van der Waals surface area contributed by atoms with Gasteiger partial charge in [-0.2, -0.15) is 0 Å². The standard InChI is InChI=1S/C28H33ClN6O2S/c1-4-14-35-26(25(20(2)3)30-27(37)22-12-8-9-13-23(22)29)31-32-28(35)38-19-24(36)34-17-15-33(16-18-34)21-10-6-5-7-11-21/h4-13,20,25H,1,14-19H2,2-3H3,(H,30,37). The van der Waals surface area contributed by atoms with Gasteiger partial charge in [0.1, 0.15) is 0 Å². The molecule has 10 heteroatoms. The number of thioether (sulfide) groups is 1. The highest BCUT2D eigenvalue weighted by molar-refractivity contribution is 7.99. The number of nitrogens with one attached hydrogen (secondary N) is 1. The van der Waals surface area contributed by atoms with Crippen LogP contribution in [0.5, 0.6) is 0 Å². The first-order chi connectivity index (χ1) is 18.4. The summed E-state index contributed by atoms with van der Waals surface area (Å²) in [6.07, 6.45) is 1.76. The minimum atomic E-state index is -0.401. The van der Waals surface area contributed by atoms with Crippen molar-refractivity contribution in [2.45, 2.75) is 31.6 Å². The highest BCUT2D eigenvalue weighted by Gasteiger charge is 2.28. The molecule has 2 amide bonds. The van der Waals surface area contributed by atoms with Crippen LogP contribution in [0.4, 0.5) is 5.69 Å². The smallest absolute Gasteiger partial charge is 0.253 e. The average molecular weight is 553 g/mol. The second-order valence-electron chi connectivity index (χ2n) is 9.41. The van der Waals surface area contributed by atoms with Gasteiger partial charge >= 0.3 is 0 Å². The highest BCUT2D eigenvalue weighted by Crippen LogP contribution is 2.27. The number of carbonyl (C=O) groups excluding carboxylic acids is 2. The van der Waals surface area contributed by atoms with E-state index in [1.165, 1.54) is 17.4 Å². The molecule has 1 N–H and O–H groups in total. The summed E-state index contributed by atoms with van der Waals surface area (Å²) in [4.78, 5) is 30.2. The fraction of sp³-hybridized carbons (Fsp3) is 0.357. The first-order valence-corrected chi connectivity index (χ1v) is 14.0. The maximum Gasteiger partial charge on any atom is 0.253 e. The molecule has 38 heavy (non-hydrogen) atoms. The van der Waals surface area contributed by atoms with Gasteiger partial charge < -0.3 is 19.7 Å². The highest BCUT2D eigenvalue weighted by atomic mass is 35.5. The Morgan fingerprint density at radius 3 is 2.39 bits per heavy atom. The third-order valence-corrected chi connectivity index (χ3v) is 7.77. The Balaban J connectivity index is 1.41. The van der Waals surface area contributed by atoms with Crippen LogP contribution in [-0.4, -0.2) is 63.4 Å². The molecule has 0 saturated carbocycles. The van der Waals surface area contributed by atoms with Crippen LogP contribution in [-0.2, 0) is 11.3 Å². The third kappa shape index (κ3) is 6.57. The zero-order valence-corrected chi connectivity index (χ0v) is 23.3. The number of rotatable bonds is 10. The predicted octanol–water partition coefficient (Wildman–Crippen LogP) is 4.69. The van der Waals surface area contributed by atoms with Gasteiger partial charge in [0, 0.05) is 38.4 Å². The molecule has 0 spiro atoms. The second kappa shape index (κ2) is 13.0. The van der Waals surface area contributed by atoms with Crippen molar-refractivity contribution in [2.24, 2.45) is 5.92 Å². The molecule has 1 unspecified atom stereocenters. The summed E-state index contributed by atoms with van der Waals surface area (Å²) in [6.45, 7) is 11.3. The van der Waals surface area contributed by atoms with Crippen molar-refractivity contribution >= 4 is 40.9 Å². The first kappa shape index (κ1) is 27.7. The topological polar surface area (TPSA) is 83.4 Å². The van der Waals surface area contributed by atoms with Crippen LogP contribution in [0.1, 0.15) is 36.1 Å². The minimum Gasteiger partial charge on any atom is -0.368 e. The molecule has 1 aromatic heterocycles. The van der Waals surface area contributed by atoms with Crippen LogP contribution in [0.15, 0.2) is 72.4 Å². The number of para-hydroxylation sites is 1. The SMILES string of the molecule is C=CCn1c(SCC(=O)N2CCN(c3ccccc3)CC2)nnc1C(NC(=O)c1ccccc1Cl)C(C)C. The van der Waals surface area contributed by atoms with Crippen molar-refractivity contribution in [1.29, 1.82) is 0 Å². The number of hydrogen-bond acceptors (Lipinski definition) is 6. The molecule has 4 rings (SSSR count). The van der Waals surface area contributed by atoms with E-state index in [0.29, 0.717) is 41.2 Å². The number of amides is 2. The number of carbonyl (C=O) groups is 2. The number of hydrogen-bond donors (Lipinski definition) is 1. The fourth-order valence-electron chi connectivity index (χ4n) is 4.40. The summed E-state index contributed by atoms with van der Waals surface area (Å²) in [5.74, 6) is 0.714. The molecule has 200 valence electrons. The summed E-state index contributed by atoms with van der Waals surface area (Å²) in [5, 5.41) is 12.9. The van der Waals surface area contributed by atoms with Gasteiger partial charge in [-0.05, 0) is 30.2 Å². The molecule has 1 aliphatic rings. The quantitative estimate of drug-likeness (QED) is 0.290. The van der Waals surface area contributed by atoms with Gasteiger partial charge in [0.15, 0.2) is 11.0 Å². The van der Waals surface area contributed by atoms with E-state index in [4.69, 9.17) is 11.6 Å². The van der Waals surface area contributed by atoms with Gasteiger partial charge in [-0.3, -0.25) is 9.59 Å². The van der Waals surface area contributed by atoms with Crippen molar-refractivity contribution in [3.63, 3.8) is 0 Å². The van der Waals surface area contributed by atoms with E-state index in [-0.39, 0.29) is 23.5 Å². The van der Waals surface area contributed by atoms with Crippen LogP contribution in [0.25, 0.3) is 0 Å². The lowest BCUT2D eigenvalue weighted by Gasteiger charge is -2.36. The summed E-state index contributed by atoms with van der Waals surface area (Å²) in [5.41, 5.74) is 1.59. The van der Waals surface area contributed by atoms with E-state index in [0.717, 1.165) is 13.1 Å². The summed E-state index contributed by atoms with van der Waals surface area (Å²) < 4.78 is 1.91. The molecular formula is C28H33ClN6O2S. The number of halogens is 1. The first-order valence-electron chi connectivity index (χ1n) is 12.7. The van der Waals surface area contributed by atoms with Crippen molar-refractivity contribution < 1.29 is 9.59 Å². The molecular weight excluding hydrogens is 520 g/mol. The number of allylic oxidation sites excluding steroid dienone is 1. The van der Waals surface area contributed by atoms with Gasteiger partial charge in [-0.15, -0.1) is 16.8 Å². The predicted molar refractivity (Wildman–Crippen MR) is 153 cm³/mol. The lowest BCUT2D eigenvalue weighted by Crippen LogP contribution is -2.49. The molecule has 0 radical (unpaired) electrons. The number of aromatic nitrogens is 3. The van der Waals surface area contributed by atoms with Crippen LogP contribution in [0.3, 0.4) is 0 Å². The van der Waals surface area contributed by atoms with Gasteiger partial charge in [0.05, 0.1) is 22.4 Å². The maximum atomic E-state index is 13.0. The number of nitrogens with zero attached hydrogens (tertiary/aromatic N) is 5. The number of piperazine rings is 1. The Bertz CT molecular complexity index is 1260. The van der Waals surface area contributed by atoms with E-state index < -0.39 is 6.04 Å². The average Bonchev–Trinajstić information content (AvgIpc) is 3.33. The summed E-state index contributed by atoms with van der Waals surface area (Å²) in [7, 11) is 0. The molecule has 1 fully saturated rings.